The molecule has 0 bridgehead atoms. The third kappa shape index (κ3) is 5.59. The number of rotatable bonds is 11. The van der Waals surface area contributed by atoms with Gasteiger partial charge in [0.15, 0.2) is 34.5 Å². The molecule has 8 heteroatoms. The highest BCUT2D eigenvalue weighted by Crippen LogP contribution is 2.36. The molecular formula is C30H32O8. The van der Waals surface area contributed by atoms with Gasteiger partial charge in [0.25, 0.3) is 0 Å². The summed E-state index contributed by atoms with van der Waals surface area (Å²) >= 11 is 0. The van der Waals surface area contributed by atoms with Crippen LogP contribution in [-0.4, -0.2) is 47.3 Å². The standard InChI is InChI=1S/C30H32O8/c1-32-24-7-5-20(15-27(24)33-2)12-22-17-36-30(31)23(22)13-21-6-9-25(28(16-21)34-3)35-11-10-19-4-8-26-29(14-19)38-18-37-26/h4-9,14-16,22-23H,10-13,17-18H2,1-3H3/t22-,23+/m0/s1. The van der Waals surface area contributed by atoms with Gasteiger partial charge in [0, 0.05) is 12.3 Å². The van der Waals surface area contributed by atoms with Gasteiger partial charge in [0.2, 0.25) is 6.79 Å². The lowest BCUT2D eigenvalue weighted by atomic mass is 9.85. The summed E-state index contributed by atoms with van der Waals surface area (Å²) in [4.78, 5) is 12.6. The molecule has 0 amide bonds. The van der Waals surface area contributed by atoms with Crippen molar-refractivity contribution in [2.75, 3.05) is 41.3 Å². The van der Waals surface area contributed by atoms with Crippen LogP contribution >= 0.6 is 0 Å². The van der Waals surface area contributed by atoms with Gasteiger partial charge in [-0.3, -0.25) is 4.79 Å². The number of cyclic esters (lactones) is 1. The van der Waals surface area contributed by atoms with Crippen LogP contribution in [0.4, 0.5) is 0 Å². The molecule has 3 aromatic carbocycles. The van der Waals surface area contributed by atoms with E-state index in [9.17, 15) is 4.79 Å². The molecule has 2 heterocycles. The van der Waals surface area contributed by atoms with Gasteiger partial charge in [-0.1, -0.05) is 18.2 Å². The molecule has 8 nitrogen and oxygen atoms in total. The predicted octanol–water partition coefficient (Wildman–Crippen LogP) is 4.64. The van der Waals surface area contributed by atoms with Crippen LogP contribution in [0.25, 0.3) is 0 Å². The SMILES string of the molecule is COc1ccc(C[C@H]2COC(=O)[C@@H]2Cc2ccc(OCCc3ccc4c(c3)OCO4)c(OC)c2)cc1OC. The molecule has 0 aromatic heterocycles. The fraction of sp³-hybridized carbons (Fsp3) is 0.367. The highest BCUT2D eigenvalue weighted by Gasteiger charge is 2.37. The summed E-state index contributed by atoms with van der Waals surface area (Å²) in [5, 5.41) is 0. The zero-order chi connectivity index (χ0) is 26.5. The number of hydrogen-bond donors (Lipinski definition) is 0. The van der Waals surface area contributed by atoms with Crippen LogP contribution < -0.4 is 28.4 Å². The van der Waals surface area contributed by atoms with Crippen LogP contribution in [0.1, 0.15) is 16.7 Å². The first-order valence-electron chi connectivity index (χ1n) is 12.6. The third-order valence-electron chi connectivity index (χ3n) is 7.03. The van der Waals surface area contributed by atoms with Crippen molar-refractivity contribution in [2.24, 2.45) is 11.8 Å². The van der Waals surface area contributed by atoms with Gasteiger partial charge in [-0.05, 0) is 65.9 Å². The Hall–Kier alpha value is -4.07. The van der Waals surface area contributed by atoms with E-state index in [2.05, 4.69) is 0 Å². The molecule has 0 unspecified atom stereocenters. The number of methoxy groups -OCH3 is 3. The first-order chi connectivity index (χ1) is 18.6. The zero-order valence-corrected chi connectivity index (χ0v) is 21.9. The first-order valence-corrected chi connectivity index (χ1v) is 12.6. The smallest absolute Gasteiger partial charge is 0.309 e. The van der Waals surface area contributed by atoms with Gasteiger partial charge in [-0.25, -0.2) is 0 Å². The van der Waals surface area contributed by atoms with Gasteiger partial charge in [0.05, 0.1) is 40.5 Å². The van der Waals surface area contributed by atoms with Gasteiger partial charge < -0.3 is 33.2 Å². The number of hydrogen-bond acceptors (Lipinski definition) is 8. The Kier molecular flexibility index (Phi) is 7.77. The largest absolute Gasteiger partial charge is 0.493 e. The van der Waals surface area contributed by atoms with E-state index in [1.807, 2.05) is 54.6 Å². The number of carbonyl (C=O) groups is 1. The molecule has 1 saturated heterocycles. The normalized spacial score (nSPS) is 17.7. The average Bonchev–Trinajstić information content (AvgIpc) is 3.55. The van der Waals surface area contributed by atoms with Crippen LogP contribution in [0.5, 0.6) is 34.5 Å². The van der Waals surface area contributed by atoms with Gasteiger partial charge in [-0.2, -0.15) is 0 Å². The van der Waals surface area contributed by atoms with E-state index in [0.29, 0.717) is 55.5 Å². The number of fused-ring (bicyclic) bond motifs is 1. The van der Waals surface area contributed by atoms with E-state index in [-0.39, 0.29) is 24.6 Å². The van der Waals surface area contributed by atoms with E-state index in [4.69, 9.17) is 33.2 Å². The second-order valence-corrected chi connectivity index (χ2v) is 9.37. The Balaban J connectivity index is 1.22. The average molecular weight is 521 g/mol. The van der Waals surface area contributed by atoms with Crippen molar-refractivity contribution in [1.82, 2.24) is 0 Å². The summed E-state index contributed by atoms with van der Waals surface area (Å²) in [5.41, 5.74) is 3.16. The molecule has 0 saturated carbocycles. The molecule has 0 spiro atoms. The topological polar surface area (TPSA) is 81.7 Å². The summed E-state index contributed by atoms with van der Waals surface area (Å²) in [5.74, 6) is 3.82. The van der Waals surface area contributed by atoms with Gasteiger partial charge in [-0.15, -0.1) is 0 Å². The quantitative estimate of drug-likeness (QED) is 0.339. The number of ether oxygens (including phenoxy) is 7. The van der Waals surface area contributed by atoms with Crippen LogP contribution in [0.3, 0.4) is 0 Å². The minimum atomic E-state index is -0.245. The summed E-state index contributed by atoms with van der Waals surface area (Å²) in [6.07, 6.45) is 1.98. The second-order valence-electron chi connectivity index (χ2n) is 9.37. The Bertz CT molecular complexity index is 1290. The molecule has 1 fully saturated rings. The highest BCUT2D eigenvalue weighted by molar-refractivity contribution is 5.75. The van der Waals surface area contributed by atoms with Crippen LogP contribution in [0.2, 0.25) is 0 Å². The predicted molar refractivity (Wildman–Crippen MR) is 140 cm³/mol. The molecule has 2 atom stereocenters. The van der Waals surface area contributed by atoms with Crippen molar-refractivity contribution in [1.29, 1.82) is 0 Å². The molecule has 0 radical (unpaired) electrons. The molecule has 2 aliphatic heterocycles. The Labute approximate surface area is 222 Å². The van der Waals surface area contributed by atoms with E-state index in [1.54, 1.807) is 21.3 Å². The third-order valence-corrected chi connectivity index (χ3v) is 7.03. The maximum Gasteiger partial charge on any atom is 0.309 e. The lowest BCUT2D eigenvalue weighted by Gasteiger charge is -2.18. The van der Waals surface area contributed by atoms with Crippen LogP contribution in [-0.2, 0) is 28.8 Å². The van der Waals surface area contributed by atoms with E-state index >= 15 is 0 Å². The van der Waals surface area contributed by atoms with Crippen molar-refractivity contribution >= 4 is 5.97 Å². The zero-order valence-electron chi connectivity index (χ0n) is 21.9. The minimum Gasteiger partial charge on any atom is -0.493 e. The minimum absolute atomic E-state index is 0.0595. The van der Waals surface area contributed by atoms with Crippen molar-refractivity contribution in [2.45, 2.75) is 19.3 Å². The first kappa shape index (κ1) is 25.6. The van der Waals surface area contributed by atoms with E-state index < -0.39 is 0 Å². The lowest BCUT2D eigenvalue weighted by molar-refractivity contribution is -0.141. The van der Waals surface area contributed by atoms with Gasteiger partial charge >= 0.3 is 5.97 Å². The van der Waals surface area contributed by atoms with Crippen molar-refractivity contribution in [3.05, 3.63) is 71.3 Å². The van der Waals surface area contributed by atoms with Crippen LogP contribution in [0, 0.1) is 11.8 Å². The maximum absolute atomic E-state index is 12.6. The molecule has 0 aliphatic carbocycles. The summed E-state index contributed by atoms with van der Waals surface area (Å²) in [6.45, 7) is 1.14. The molecule has 3 aromatic rings. The fourth-order valence-corrected chi connectivity index (χ4v) is 4.95. The Morgan fingerprint density at radius 2 is 1.37 bits per heavy atom. The molecule has 200 valence electrons. The number of esters is 1. The fourth-order valence-electron chi connectivity index (χ4n) is 4.95. The Morgan fingerprint density at radius 1 is 0.711 bits per heavy atom. The molecule has 38 heavy (non-hydrogen) atoms. The molecule has 0 N–H and O–H groups in total. The lowest BCUT2D eigenvalue weighted by Crippen LogP contribution is -2.20. The molecular weight excluding hydrogens is 488 g/mol. The van der Waals surface area contributed by atoms with Crippen LogP contribution in [0.15, 0.2) is 54.6 Å². The summed E-state index contributed by atoms with van der Waals surface area (Å²) in [7, 11) is 4.85. The summed E-state index contributed by atoms with van der Waals surface area (Å²) in [6, 6.07) is 17.6. The van der Waals surface area contributed by atoms with Crippen molar-refractivity contribution in [3.63, 3.8) is 0 Å². The van der Waals surface area contributed by atoms with Crippen molar-refractivity contribution in [3.8, 4) is 34.5 Å². The molecule has 2 aliphatic rings. The second kappa shape index (κ2) is 11.5. The van der Waals surface area contributed by atoms with E-state index in [0.717, 1.165) is 28.2 Å². The monoisotopic (exact) mass is 520 g/mol. The van der Waals surface area contributed by atoms with Gasteiger partial charge in [0.1, 0.15) is 0 Å². The maximum atomic E-state index is 12.6. The summed E-state index contributed by atoms with van der Waals surface area (Å²) < 4.78 is 38.7. The number of benzene rings is 3. The number of carbonyl (C=O) groups excluding carboxylic acids is 1. The van der Waals surface area contributed by atoms with Crippen molar-refractivity contribution < 1.29 is 38.0 Å². The highest BCUT2D eigenvalue weighted by atomic mass is 16.7. The molecule has 5 rings (SSSR count). The van der Waals surface area contributed by atoms with E-state index in [1.165, 1.54) is 0 Å². The Morgan fingerprint density at radius 3 is 2.13 bits per heavy atom.